The molecule has 1 heterocycles. The van der Waals surface area contributed by atoms with Gasteiger partial charge in [0.05, 0.1) is 36.8 Å². The molecule has 7 heteroatoms. The first kappa shape index (κ1) is 25.2. The van der Waals surface area contributed by atoms with Crippen LogP contribution in [-0.4, -0.2) is 59.3 Å². The van der Waals surface area contributed by atoms with E-state index in [0.29, 0.717) is 49.6 Å². The smallest absolute Gasteiger partial charge is 0.227 e. The number of aliphatic hydroxyl groups excluding tert-OH is 1. The fourth-order valence-corrected chi connectivity index (χ4v) is 4.27. The van der Waals surface area contributed by atoms with Gasteiger partial charge in [0.1, 0.15) is 0 Å². The van der Waals surface area contributed by atoms with Gasteiger partial charge in [0.25, 0.3) is 0 Å². The van der Waals surface area contributed by atoms with E-state index in [1.807, 2.05) is 66.2 Å². The molecule has 35 heavy (non-hydrogen) atoms. The molecule has 1 saturated carbocycles. The van der Waals surface area contributed by atoms with Gasteiger partial charge in [-0.3, -0.25) is 4.90 Å². The first-order chi connectivity index (χ1) is 17.1. The number of para-hydroxylation sites is 3. The summed E-state index contributed by atoms with van der Waals surface area (Å²) in [6, 6.07) is 17.7. The number of hydrogen-bond donors (Lipinski definition) is 1. The first-order valence-corrected chi connectivity index (χ1v) is 12.6. The summed E-state index contributed by atoms with van der Waals surface area (Å²) in [4.78, 5) is 2.32. The van der Waals surface area contributed by atoms with Crippen LogP contribution in [-0.2, 0) is 17.7 Å². The van der Waals surface area contributed by atoms with Crippen molar-refractivity contribution in [2.45, 2.75) is 45.8 Å². The van der Waals surface area contributed by atoms with E-state index in [4.69, 9.17) is 19.3 Å². The standard InChI is InChI=1S/C28H37N3O4/c1-4-25-24(19-30(17-21-15-16-21)18-23(32)20-34-5-2)28(31(29-25)22-11-7-6-8-12-22)35-27-14-10-9-13-26(27)33-3/h6-14,21,23,32H,4-5,15-20H2,1-3H3/t23-/m1/s1. The largest absolute Gasteiger partial charge is 0.493 e. The molecule has 1 aromatic heterocycles. The minimum absolute atomic E-state index is 0.339. The summed E-state index contributed by atoms with van der Waals surface area (Å²) in [6.07, 6.45) is 2.72. The number of aryl methyl sites for hydroxylation is 1. The van der Waals surface area contributed by atoms with Gasteiger partial charge in [-0.25, -0.2) is 4.68 Å². The van der Waals surface area contributed by atoms with Crippen LogP contribution in [0.4, 0.5) is 0 Å². The Morgan fingerprint density at radius 3 is 2.43 bits per heavy atom. The highest BCUT2D eigenvalue weighted by molar-refractivity contribution is 5.47. The third kappa shape index (κ3) is 6.63. The summed E-state index contributed by atoms with van der Waals surface area (Å²) < 4.78 is 19.5. The van der Waals surface area contributed by atoms with Crippen LogP contribution >= 0.6 is 0 Å². The third-order valence-electron chi connectivity index (χ3n) is 6.21. The third-order valence-corrected chi connectivity index (χ3v) is 6.21. The normalized spacial score (nSPS) is 14.3. The highest BCUT2D eigenvalue weighted by Crippen LogP contribution is 2.37. The van der Waals surface area contributed by atoms with Gasteiger partial charge >= 0.3 is 0 Å². The monoisotopic (exact) mass is 479 g/mol. The van der Waals surface area contributed by atoms with Gasteiger partial charge in [0, 0.05) is 26.2 Å². The van der Waals surface area contributed by atoms with Crippen molar-refractivity contribution in [2.24, 2.45) is 5.92 Å². The van der Waals surface area contributed by atoms with Crippen molar-refractivity contribution in [3.05, 3.63) is 65.9 Å². The second kappa shape index (κ2) is 12.2. The van der Waals surface area contributed by atoms with Crippen molar-refractivity contribution >= 4 is 0 Å². The van der Waals surface area contributed by atoms with Gasteiger partial charge in [-0.05, 0) is 56.4 Å². The van der Waals surface area contributed by atoms with Crippen molar-refractivity contribution in [1.82, 2.24) is 14.7 Å². The highest BCUT2D eigenvalue weighted by Gasteiger charge is 2.29. The summed E-state index contributed by atoms with van der Waals surface area (Å²) >= 11 is 0. The Morgan fingerprint density at radius 2 is 1.77 bits per heavy atom. The number of hydrogen-bond acceptors (Lipinski definition) is 6. The fourth-order valence-electron chi connectivity index (χ4n) is 4.27. The Kier molecular flexibility index (Phi) is 8.79. The zero-order valence-corrected chi connectivity index (χ0v) is 21.0. The van der Waals surface area contributed by atoms with E-state index >= 15 is 0 Å². The lowest BCUT2D eigenvalue weighted by Crippen LogP contribution is -2.36. The van der Waals surface area contributed by atoms with Crippen LogP contribution in [0.1, 0.15) is 37.9 Å². The molecule has 0 saturated heterocycles. The molecule has 188 valence electrons. The summed E-state index contributed by atoms with van der Waals surface area (Å²) in [7, 11) is 1.65. The van der Waals surface area contributed by atoms with E-state index in [2.05, 4.69) is 11.8 Å². The quantitative estimate of drug-likeness (QED) is 0.357. The summed E-state index contributed by atoms with van der Waals surface area (Å²) in [5.41, 5.74) is 2.95. The minimum atomic E-state index is -0.540. The molecule has 1 atom stereocenters. The molecular weight excluding hydrogens is 442 g/mol. The molecule has 3 aromatic rings. The number of rotatable bonds is 14. The van der Waals surface area contributed by atoms with Crippen molar-refractivity contribution in [3.63, 3.8) is 0 Å². The maximum absolute atomic E-state index is 10.6. The molecule has 0 amide bonds. The van der Waals surface area contributed by atoms with Gasteiger partial charge < -0.3 is 19.3 Å². The second-order valence-electron chi connectivity index (χ2n) is 9.03. The molecule has 1 aliphatic carbocycles. The molecule has 0 spiro atoms. The number of aliphatic hydroxyl groups is 1. The van der Waals surface area contributed by atoms with Crippen LogP contribution in [0.5, 0.6) is 17.4 Å². The zero-order chi connectivity index (χ0) is 24.6. The van der Waals surface area contributed by atoms with E-state index in [1.165, 1.54) is 12.8 Å². The molecule has 0 bridgehead atoms. The van der Waals surface area contributed by atoms with E-state index in [0.717, 1.165) is 29.9 Å². The maximum Gasteiger partial charge on any atom is 0.227 e. The van der Waals surface area contributed by atoms with E-state index < -0.39 is 6.10 Å². The van der Waals surface area contributed by atoms with Crippen LogP contribution < -0.4 is 9.47 Å². The molecule has 0 unspecified atom stereocenters. The summed E-state index contributed by atoms with van der Waals surface area (Å²) in [5.74, 6) is 2.67. The van der Waals surface area contributed by atoms with E-state index in [-0.39, 0.29) is 0 Å². The number of ether oxygens (including phenoxy) is 3. The summed E-state index contributed by atoms with van der Waals surface area (Å²) in [6.45, 7) is 7.12. The van der Waals surface area contributed by atoms with Gasteiger partial charge in [-0.2, -0.15) is 5.10 Å². The van der Waals surface area contributed by atoms with Crippen LogP contribution in [0.25, 0.3) is 5.69 Å². The maximum atomic E-state index is 10.6. The highest BCUT2D eigenvalue weighted by atomic mass is 16.5. The lowest BCUT2D eigenvalue weighted by Gasteiger charge is -2.25. The molecule has 0 radical (unpaired) electrons. The van der Waals surface area contributed by atoms with Gasteiger partial charge in [-0.1, -0.05) is 37.3 Å². The Balaban J connectivity index is 1.71. The van der Waals surface area contributed by atoms with E-state index in [9.17, 15) is 5.11 Å². The number of nitrogens with zero attached hydrogens (tertiary/aromatic N) is 3. The lowest BCUT2D eigenvalue weighted by molar-refractivity contribution is 0.0186. The van der Waals surface area contributed by atoms with E-state index in [1.54, 1.807) is 7.11 Å². The number of methoxy groups -OCH3 is 1. The molecule has 4 rings (SSSR count). The van der Waals surface area contributed by atoms with Crippen LogP contribution in [0.3, 0.4) is 0 Å². The molecule has 2 aromatic carbocycles. The van der Waals surface area contributed by atoms with Crippen LogP contribution in [0.2, 0.25) is 0 Å². The van der Waals surface area contributed by atoms with Crippen LogP contribution in [0, 0.1) is 5.92 Å². The summed E-state index contributed by atoms with van der Waals surface area (Å²) in [5, 5.41) is 15.6. The Bertz CT molecular complexity index is 1070. The van der Waals surface area contributed by atoms with Crippen molar-refractivity contribution in [2.75, 3.05) is 33.4 Å². The fraction of sp³-hybridized carbons (Fsp3) is 0.464. The van der Waals surface area contributed by atoms with Crippen molar-refractivity contribution in [3.8, 4) is 23.1 Å². The molecule has 0 aliphatic heterocycles. The minimum Gasteiger partial charge on any atom is -0.493 e. The van der Waals surface area contributed by atoms with Gasteiger partial charge in [0.2, 0.25) is 5.88 Å². The average molecular weight is 480 g/mol. The number of aromatic nitrogens is 2. The Hall–Kier alpha value is -2.87. The zero-order valence-electron chi connectivity index (χ0n) is 21.0. The molecule has 1 N–H and O–H groups in total. The van der Waals surface area contributed by atoms with Crippen molar-refractivity contribution < 1.29 is 19.3 Å². The second-order valence-corrected chi connectivity index (χ2v) is 9.03. The predicted molar refractivity (Wildman–Crippen MR) is 137 cm³/mol. The molecule has 7 nitrogen and oxygen atoms in total. The SMILES string of the molecule is CCOC[C@H](O)CN(Cc1c(CC)nn(-c2ccccc2)c1Oc1ccccc1OC)CC1CC1. The van der Waals surface area contributed by atoms with Crippen molar-refractivity contribution in [1.29, 1.82) is 0 Å². The topological polar surface area (TPSA) is 69.0 Å². The van der Waals surface area contributed by atoms with Crippen LogP contribution in [0.15, 0.2) is 54.6 Å². The average Bonchev–Trinajstić information content (AvgIpc) is 3.64. The Labute approximate surface area is 208 Å². The lowest BCUT2D eigenvalue weighted by atomic mass is 10.1. The Morgan fingerprint density at radius 1 is 1.06 bits per heavy atom. The first-order valence-electron chi connectivity index (χ1n) is 12.6. The number of benzene rings is 2. The van der Waals surface area contributed by atoms with Gasteiger partial charge in [-0.15, -0.1) is 0 Å². The van der Waals surface area contributed by atoms with Gasteiger partial charge in [0.15, 0.2) is 11.5 Å². The molecule has 1 fully saturated rings. The molecular formula is C28H37N3O4. The molecule has 1 aliphatic rings. The predicted octanol–water partition coefficient (Wildman–Crippen LogP) is 4.85.